The number of rotatable bonds is 8. The average Bonchev–Trinajstić information content (AvgIpc) is 3.43. The summed E-state index contributed by atoms with van der Waals surface area (Å²) in [6.07, 6.45) is 2.10. The Labute approximate surface area is 205 Å². The minimum atomic E-state index is -0.206. The fourth-order valence-electron chi connectivity index (χ4n) is 4.03. The number of nitrogens with one attached hydrogen (secondary N) is 3. The average molecular weight is 471 g/mol. The quantitative estimate of drug-likeness (QED) is 0.453. The highest BCUT2D eigenvalue weighted by Gasteiger charge is 2.19. The van der Waals surface area contributed by atoms with Crippen LogP contribution in [0.2, 0.25) is 0 Å². The number of hydrogen-bond donors (Lipinski definition) is 3. The summed E-state index contributed by atoms with van der Waals surface area (Å²) in [6, 6.07) is 23.6. The van der Waals surface area contributed by atoms with Crippen molar-refractivity contribution in [2.75, 3.05) is 30.3 Å². The molecule has 0 aromatic heterocycles. The van der Waals surface area contributed by atoms with Crippen molar-refractivity contribution in [1.82, 2.24) is 10.2 Å². The van der Waals surface area contributed by atoms with Crippen molar-refractivity contribution in [2.24, 2.45) is 0 Å². The molecule has 0 saturated carbocycles. The summed E-state index contributed by atoms with van der Waals surface area (Å²) in [4.78, 5) is 39.1. The predicted octanol–water partition coefficient (Wildman–Crippen LogP) is 4.46. The first kappa shape index (κ1) is 24.0. The maximum absolute atomic E-state index is 12.5. The number of likely N-dealkylation sites (tertiary alicyclic amines) is 1. The Morgan fingerprint density at radius 3 is 2.06 bits per heavy atom. The lowest BCUT2D eigenvalue weighted by atomic mass is 10.1. The van der Waals surface area contributed by atoms with Gasteiger partial charge in [0.25, 0.3) is 11.8 Å². The van der Waals surface area contributed by atoms with Gasteiger partial charge in [0.1, 0.15) is 0 Å². The van der Waals surface area contributed by atoms with E-state index in [2.05, 4.69) is 16.0 Å². The maximum atomic E-state index is 12.5. The van der Waals surface area contributed by atoms with Crippen molar-refractivity contribution < 1.29 is 14.4 Å². The van der Waals surface area contributed by atoms with E-state index >= 15 is 0 Å². The van der Waals surface area contributed by atoms with E-state index in [0.717, 1.165) is 37.2 Å². The SMILES string of the molecule is CC(NC(=O)c1ccc(NCC(=O)Nc2ccc(C(=O)N3CCCC3)cc2)cc1)c1ccccc1. The topological polar surface area (TPSA) is 90.5 Å². The molecular weight excluding hydrogens is 440 g/mol. The van der Waals surface area contributed by atoms with Crippen molar-refractivity contribution in [3.05, 3.63) is 95.6 Å². The van der Waals surface area contributed by atoms with Crippen LogP contribution in [-0.2, 0) is 4.79 Å². The fraction of sp³-hybridized carbons (Fsp3) is 0.250. The second-order valence-corrected chi connectivity index (χ2v) is 8.66. The van der Waals surface area contributed by atoms with Crippen LogP contribution in [0.5, 0.6) is 0 Å². The van der Waals surface area contributed by atoms with Crippen molar-refractivity contribution in [2.45, 2.75) is 25.8 Å². The van der Waals surface area contributed by atoms with Crippen LogP contribution in [0.15, 0.2) is 78.9 Å². The first-order valence-electron chi connectivity index (χ1n) is 11.9. The summed E-state index contributed by atoms with van der Waals surface area (Å²) in [7, 11) is 0. The molecule has 3 N–H and O–H groups in total. The standard InChI is InChI=1S/C28H30N4O3/c1-20(21-7-3-2-4-8-21)30-27(34)22-9-13-24(14-10-22)29-19-26(33)31-25-15-11-23(12-16-25)28(35)32-17-5-6-18-32/h2-4,7-16,20,29H,5-6,17-19H2,1H3,(H,30,34)(H,31,33). The van der Waals surface area contributed by atoms with Gasteiger partial charge in [-0.2, -0.15) is 0 Å². The van der Waals surface area contributed by atoms with E-state index < -0.39 is 0 Å². The molecular formula is C28H30N4O3. The molecule has 0 bridgehead atoms. The number of nitrogens with zero attached hydrogens (tertiary/aromatic N) is 1. The van der Waals surface area contributed by atoms with Crippen molar-refractivity contribution >= 4 is 29.1 Å². The molecule has 1 saturated heterocycles. The van der Waals surface area contributed by atoms with Gasteiger partial charge < -0.3 is 20.9 Å². The predicted molar refractivity (Wildman–Crippen MR) is 137 cm³/mol. The zero-order valence-electron chi connectivity index (χ0n) is 19.8. The van der Waals surface area contributed by atoms with Gasteiger partial charge >= 0.3 is 0 Å². The number of carbonyl (C=O) groups excluding carboxylic acids is 3. The van der Waals surface area contributed by atoms with E-state index in [1.54, 1.807) is 48.5 Å². The van der Waals surface area contributed by atoms with Gasteiger partial charge in [0.2, 0.25) is 5.91 Å². The third-order valence-corrected chi connectivity index (χ3v) is 6.06. The molecule has 3 aromatic rings. The van der Waals surface area contributed by atoms with Crippen LogP contribution in [0, 0.1) is 0 Å². The molecule has 3 amide bonds. The van der Waals surface area contributed by atoms with Gasteiger partial charge in [0, 0.05) is 35.6 Å². The molecule has 1 aliphatic heterocycles. The van der Waals surface area contributed by atoms with Crippen LogP contribution in [-0.4, -0.2) is 42.3 Å². The number of amides is 3. The molecule has 4 rings (SSSR count). The van der Waals surface area contributed by atoms with Crippen LogP contribution < -0.4 is 16.0 Å². The van der Waals surface area contributed by atoms with Gasteiger partial charge in [0.05, 0.1) is 12.6 Å². The molecule has 1 atom stereocenters. The van der Waals surface area contributed by atoms with Crippen LogP contribution in [0.25, 0.3) is 0 Å². The lowest BCUT2D eigenvalue weighted by molar-refractivity contribution is -0.114. The number of hydrogen-bond acceptors (Lipinski definition) is 4. The van der Waals surface area contributed by atoms with Crippen LogP contribution in [0.4, 0.5) is 11.4 Å². The fourth-order valence-corrected chi connectivity index (χ4v) is 4.03. The van der Waals surface area contributed by atoms with Crippen molar-refractivity contribution in [3.63, 3.8) is 0 Å². The minimum Gasteiger partial charge on any atom is -0.376 e. The highest BCUT2D eigenvalue weighted by atomic mass is 16.2. The molecule has 35 heavy (non-hydrogen) atoms. The summed E-state index contributed by atoms with van der Waals surface area (Å²) < 4.78 is 0. The number of benzene rings is 3. The molecule has 180 valence electrons. The molecule has 0 aliphatic carbocycles. The summed E-state index contributed by atoms with van der Waals surface area (Å²) >= 11 is 0. The Balaban J connectivity index is 1.24. The molecule has 7 heteroatoms. The monoisotopic (exact) mass is 470 g/mol. The Morgan fingerprint density at radius 2 is 1.40 bits per heavy atom. The Morgan fingerprint density at radius 1 is 0.800 bits per heavy atom. The third-order valence-electron chi connectivity index (χ3n) is 6.06. The summed E-state index contributed by atoms with van der Waals surface area (Å²) in [6.45, 7) is 3.63. The van der Waals surface area contributed by atoms with Gasteiger partial charge in [-0.3, -0.25) is 14.4 Å². The highest BCUT2D eigenvalue weighted by molar-refractivity contribution is 5.97. The van der Waals surface area contributed by atoms with Gasteiger partial charge in [0.15, 0.2) is 0 Å². The van der Waals surface area contributed by atoms with Gasteiger partial charge in [-0.1, -0.05) is 30.3 Å². The van der Waals surface area contributed by atoms with E-state index in [-0.39, 0.29) is 30.3 Å². The Kier molecular flexibility index (Phi) is 7.77. The Hall–Kier alpha value is -4.13. The van der Waals surface area contributed by atoms with Gasteiger partial charge in [-0.25, -0.2) is 0 Å². The zero-order valence-corrected chi connectivity index (χ0v) is 19.8. The molecule has 1 aliphatic rings. The molecule has 3 aromatic carbocycles. The summed E-state index contributed by atoms with van der Waals surface area (Å²) in [5.74, 6) is -0.326. The molecule has 0 spiro atoms. The molecule has 7 nitrogen and oxygen atoms in total. The van der Waals surface area contributed by atoms with E-state index in [1.807, 2.05) is 42.2 Å². The van der Waals surface area contributed by atoms with Crippen LogP contribution >= 0.6 is 0 Å². The highest BCUT2D eigenvalue weighted by Crippen LogP contribution is 2.16. The van der Waals surface area contributed by atoms with Gasteiger partial charge in [-0.05, 0) is 73.9 Å². The van der Waals surface area contributed by atoms with E-state index in [1.165, 1.54) is 0 Å². The second-order valence-electron chi connectivity index (χ2n) is 8.66. The van der Waals surface area contributed by atoms with Crippen molar-refractivity contribution in [3.8, 4) is 0 Å². The number of anilines is 2. The first-order valence-corrected chi connectivity index (χ1v) is 11.9. The molecule has 1 fully saturated rings. The van der Waals surface area contributed by atoms with E-state index in [9.17, 15) is 14.4 Å². The number of carbonyl (C=O) groups is 3. The lowest BCUT2D eigenvalue weighted by Gasteiger charge is -2.15. The Bertz CT molecular complexity index is 1160. The second kappa shape index (κ2) is 11.3. The first-order chi connectivity index (χ1) is 17.0. The van der Waals surface area contributed by atoms with Gasteiger partial charge in [-0.15, -0.1) is 0 Å². The minimum absolute atomic E-state index is 0.0358. The van der Waals surface area contributed by atoms with E-state index in [0.29, 0.717) is 16.8 Å². The lowest BCUT2D eigenvalue weighted by Crippen LogP contribution is -2.27. The largest absolute Gasteiger partial charge is 0.376 e. The maximum Gasteiger partial charge on any atom is 0.253 e. The molecule has 0 radical (unpaired) electrons. The van der Waals surface area contributed by atoms with Crippen molar-refractivity contribution in [1.29, 1.82) is 0 Å². The smallest absolute Gasteiger partial charge is 0.253 e. The molecule has 1 unspecified atom stereocenters. The molecule has 1 heterocycles. The zero-order chi connectivity index (χ0) is 24.6. The summed E-state index contributed by atoms with van der Waals surface area (Å²) in [5.41, 5.74) is 3.59. The normalized spacial score (nSPS) is 13.7. The van der Waals surface area contributed by atoms with Crippen LogP contribution in [0.1, 0.15) is 52.1 Å². The third kappa shape index (κ3) is 6.47. The van der Waals surface area contributed by atoms with Crippen LogP contribution in [0.3, 0.4) is 0 Å². The summed E-state index contributed by atoms with van der Waals surface area (Å²) in [5, 5.41) is 8.87. The van der Waals surface area contributed by atoms with E-state index in [4.69, 9.17) is 0 Å².